The van der Waals surface area contributed by atoms with Crippen molar-refractivity contribution < 1.29 is 14.7 Å². The van der Waals surface area contributed by atoms with E-state index in [1.165, 1.54) is 0 Å². The molecule has 1 amide bonds. The first kappa shape index (κ1) is 14.0. The van der Waals surface area contributed by atoms with E-state index in [0.29, 0.717) is 19.4 Å². The van der Waals surface area contributed by atoms with E-state index in [-0.39, 0.29) is 12.3 Å². The summed E-state index contributed by atoms with van der Waals surface area (Å²) in [6.07, 6.45) is 4.25. The summed E-state index contributed by atoms with van der Waals surface area (Å²) < 4.78 is 0. The fourth-order valence-electron chi connectivity index (χ4n) is 2.65. The van der Waals surface area contributed by atoms with E-state index in [2.05, 4.69) is 0 Å². The predicted molar refractivity (Wildman–Crippen MR) is 65.7 cm³/mol. The second-order valence-electron chi connectivity index (χ2n) is 4.94. The minimum Gasteiger partial charge on any atom is -0.481 e. The van der Waals surface area contributed by atoms with Gasteiger partial charge in [0.2, 0.25) is 5.91 Å². The van der Waals surface area contributed by atoms with Gasteiger partial charge in [0.05, 0.1) is 5.41 Å². The van der Waals surface area contributed by atoms with E-state index in [1.54, 1.807) is 4.90 Å². The lowest BCUT2D eigenvalue weighted by atomic mass is 9.82. The zero-order chi connectivity index (χ0) is 12.9. The summed E-state index contributed by atoms with van der Waals surface area (Å²) in [4.78, 5) is 25.2. The van der Waals surface area contributed by atoms with Gasteiger partial charge in [0.15, 0.2) is 0 Å². The molecular formula is C13H23NO3. The number of hydrogen-bond acceptors (Lipinski definition) is 2. The zero-order valence-electron chi connectivity index (χ0n) is 10.9. The number of carboxylic acids is 1. The Labute approximate surface area is 103 Å². The van der Waals surface area contributed by atoms with Gasteiger partial charge in [-0.1, -0.05) is 19.8 Å². The van der Waals surface area contributed by atoms with Crippen LogP contribution in [0.4, 0.5) is 0 Å². The summed E-state index contributed by atoms with van der Waals surface area (Å²) in [5.74, 6) is -0.797. The highest BCUT2D eigenvalue weighted by atomic mass is 16.4. The minimum atomic E-state index is -0.795. The molecule has 1 aliphatic carbocycles. The number of aliphatic carboxylic acids is 1. The molecule has 0 aromatic carbocycles. The number of carbonyl (C=O) groups is 2. The Balaban J connectivity index is 2.67. The van der Waals surface area contributed by atoms with Crippen molar-refractivity contribution in [2.45, 2.75) is 52.4 Å². The quantitative estimate of drug-likeness (QED) is 0.776. The Morgan fingerprint density at radius 1 is 1.24 bits per heavy atom. The number of carbonyl (C=O) groups excluding carboxylic acids is 1. The highest BCUT2D eigenvalue weighted by molar-refractivity contribution is 5.85. The fourth-order valence-corrected chi connectivity index (χ4v) is 2.65. The molecule has 0 radical (unpaired) electrons. The Hall–Kier alpha value is -1.06. The van der Waals surface area contributed by atoms with Gasteiger partial charge in [0.25, 0.3) is 0 Å². The third-order valence-electron chi connectivity index (χ3n) is 3.73. The third-order valence-corrected chi connectivity index (χ3v) is 3.73. The van der Waals surface area contributed by atoms with Crippen molar-refractivity contribution in [3.63, 3.8) is 0 Å². The number of rotatable bonds is 6. The molecule has 0 unspecified atom stereocenters. The molecule has 1 fully saturated rings. The maximum absolute atomic E-state index is 12.1. The lowest BCUT2D eigenvalue weighted by Crippen LogP contribution is -2.38. The standard InChI is InChI=1S/C13H23NO3/c1-3-9-14(4-2)11(15)10-13(12(16)17)7-5-6-8-13/h3-10H2,1-2H3,(H,16,17). The Morgan fingerprint density at radius 3 is 2.24 bits per heavy atom. The van der Waals surface area contributed by atoms with Gasteiger partial charge in [0.1, 0.15) is 0 Å². The Morgan fingerprint density at radius 2 is 1.82 bits per heavy atom. The van der Waals surface area contributed by atoms with E-state index in [4.69, 9.17) is 0 Å². The number of nitrogens with zero attached hydrogens (tertiary/aromatic N) is 1. The van der Waals surface area contributed by atoms with Crippen LogP contribution in [0.2, 0.25) is 0 Å². The van der Waals surface area contributed by atoms with Crippen LogP contribution in [0, 0.1) is 5.41 Å². The maximum atomic E-state index is 12.1. The second-order valence-corrected chi connectivity index (χ2v) is 4.94. The van der Waals surface area contributed by atoms with Crippen LogP contribution in [0.15, 0.2) is 0 Å². The highest BCUT2D eigenvalue weighted by Gasteiger charge is 2.43. The summed E-state index contributed by atoms with van der Waals surface area (Å²) in [6, 6.07) is 0. The topological polar surface area (TPSA) is 57.6 Å². The molecule has 4 heteroatoms. The van der Waals surface area contributed by atoms with Crippen LogP contribution in [-0.4, -0.2) is 35.0 Å². The van der Waals surface area contributed by atoms with Crippen molar-refractivity contribution in [2.24, 2.45) is 5.41 Å². The van der Waals surface area contributed by atoms with Crippen molar-refractivity contribution in [1.82, 2.24) is 4.90 Å². The van der Waals surface area contributed by atoms with Gasteiger partial charge in [-0.2, -0.15) is 0 Å². The summed E-state index contributed by atoms with van der Waals surface area (Å²) in [6.45, 7) is 5.36. The second kappa shape index (κ2) is 6.03. The molecule has 1 N–H and O–H groups in total. The molecule has 0 bridgehead atoms. The van der Waals surface area contributed by atoms with Gasteiger partial charge in [-0.25, -0.2) is 0 Å². The normalized spacial score (nSPS) is 18.0. The van der Waals surface area contributed by atoms with Crippen molar-refractivity contribution in [2.75, 3.05) is 13.1 Å². The molecule has 0 saturated heterocycles. The molecule has 0 aromatic rings. The van der Waals surface area contributed by atoms with E-state index >= 15 is 0 Å². The van der Waals surface area contributed by atoms with Crippen LogP contribution >= 0.6 is 0 Å². The average Bonchev–Trinajstić information content (AvgIpc) is 2.75. The third kappa shape index (κ3) is 3.20. The number of carboxylic acid groups (broad SMARTS) is 1. The van der Waals surface area contributed by atoms with E-state index in [1.807, 2.05) is 13.8 Å². The van der Waals surface area contributed by atoms with Crippen molar-refractivity contribution in [1.29, 1.82) is 0 Å². The molecule has 0 aromatic heterocycles. The molecule has 17 heavy (non-hydrogen) atoms. The van der Waals surface area contributed by atoms with Gasteiger partial charge in [-0.15, -0.1) is 0 Å². The minimum absolute atomic E-state index is 0.00125. The molecule has 0 atom stereocenters. The number of hydrogen-bond donors (Lipinski definition) is 1. The van der Waals surface area contributed by atoms with Gasteiger partial charge in [-0.05, 0) is 26.2 Å². The number of amides is 1. The average molecular weight is 241 g/mol. The van der Waals surface area contributed by atoms with E-state index < -0.39 is 11.4 Å². The molecule has 1 saturated carbocycles. The first-order valence-electron chi connectivity index (χ1n) is 6.57. The van der Waals surface area contributed by atoms with Crippen molar-refractivity contribution >= 4 is 11.9 Å². The van der Waals surface area contributed by atoms with Crippen LogP contribution in [0.5, 0.6) is 0 Å². The molecule has 0 aliphatic heterocycles. The lowest BCUT2D eigenvalue weighted by molar-refractivity contribution is -0.153. The van der Waals surface area contributed by atoms with Gasteiger partial charge in [-0.3, -0.25) is 9.59 Å². The largest absolute Gasteiger partial charge is 0.481 e. The molecule has 1 rings (SSSR count). The fraction of sp³-hybridized carbons (Fsp3) is 0.846. The van der Waals surface area contributed by atoms with Crippen LogP contribution in [0.25, 0.3) is 0 Å². The van der Waals surface area contributed by atoms with E-state index in [0.717, 1.165) is 25.8 Å². The summed E-state index contributed by atoms with van der Waals surface area (Å²) >= 11 is 0. The highest BCUT2D eigenvalue weighted by Crippen LogP contribution is 2.41. The van der Waals surface area contributed by atoms with Gasteiger partial charge in [0, 0.05) is 19.5 Å². The van der Waals surface area contributed by atoms with Crippen LogP contribution in [0.3, 0.4) is 0 Å². The SMILES string of the molecule is CCCN(CC)C(=O)CC1(C(=O)O)CCCC1. The zero-order valence-corrected chi connectivity index (χ0v) is 10.9. The molecule has 4 nitrogen and oxygen atoms in total. The summed E-state index contributed by atoms with van der Waals surface area (Å²) in [7, 11) is 0. The lowest BCUT2D eigenvalue weighted by Gasteiger charge is -2.27. The first-order valence-corrected chi connectivity index (χ1v) is 6.57. The van der Waals surface area contributed by atoms with Crippen LogP contribution in [0.1, 0.15) is 52.4 Å². The maximum Gasteiger partial charge on any atom is 0.310 e. The Kier molecular flexibility index (Phi) is 4.97. The van der Waals surface area contributed by atoms with Gasteiger partial charge < -0.3 is 10.0 Å². The summed E-state index contributed by atoms with van der Waals surface area (Å²) in [5, 5.41) is 9.33. The van der Waals surface area contributed by atoms with Crippen molar-refractivity contribution in [3.8, 4) is 0 Å². The smallest absolute Gasteiger partial charge is 0.310 e. The van der Waals surface area contributed by atoms with E-state index in [9.17, 15) is 14.7 Å². The molecule has 0 spiro atoms. The van der Waals surface area contributed by atoms with Gasteiger partial charge >= 0.3 is 5.97 Å². The monoisotopic (exact) mass is 241 g/mol. The molecule has 98 valence electrons. The van der Waals surface area contributed by atoms with Crippen LogP contribution in [-0.2, 0) is 9.59 Å². The first-order chi connectivity index (χ1) is 8.05. The predicted octanol–water partition coefficient (Wildman–Crippen LogP) is 2.28. The Bertz CT molecular complexity index is 282. The molecular weight excluding hydrogens is 218 g/mol. The van der Waals surface area contributed by atoms with Crippen molar-refractivity contribution in [3.05, 3.63) is 0 Å². The summed E-state index contributed by atoms with van der Waals surface area (Å²) in [5.41, 5.74) is -0.780. The van der Waals surface area contributed by atoms with Crippen LogP contribution < -0.4 is 0 Å². The molecule has 1 aliphatic rings. The molecule has 0 heterocycles.